The number of hydrogen-bond donors (Lipinski definition) is 0. The summed E-state index contributed by atoms with van der Waals surface area (Å²) >= 11 is 0. The molecule has 3 aliphatic heterocycles. The smallest absolute Gasteiger partial charge is 0.416 e. The number of benzene rings is 1. The van der Waals surface area contributed by atoms with Gasteiger partial charge in [0.05, 0.1) is 36.2 Å². The molecule has 11 heteroatoms. The van der Waals surface area contributed by atoms with E-state index in [4.69, 9.17) is 4.74 Å². The number of aromatic nitrogens is 2. The number of halogens is 3. The molecule has 1 aromatic heterocycles. The summed E-state index contributed by atoms with van der Waals surface area (Å²) < 4.78 is 45.6. The minimum Gasteiger partial charge on any atom is -0.466 e. The van der Waals surface area contributed by atoms with E-state index in [1.54, 1.807) is 30.4 Å². The standard InChI is InChI=1S/C26H30F3N5O3/c1-2-37-25(36)17-5-9-32(10-6-17)24(35)20-14-18-13-19(26(27,28)29)3-4-21(18)34-12-11-33(16-22(20)34)23-15-30-7-8-31-23/h3-4,7-8,13,15,17,20,22H,2,5-6,9-12,14,16H2,1H3/t20-,22-/m0/s1. The Bertz CT molecular complexity index is 1140. The third kappa shape index (κ3) is 5.08. The van der Waals surface area contributed by atoms with Gasteiger partial charge in [0.2, 0.25) is 5.91 Å². The number of esters is 1. The van der Waals surface area contributed by atoms with E-state index in [1.165, 1.54) is 12.1 Å². The van der Waals surface area contributed by atoms with Crippen LogP contribution in [0.15, 0.2) is 36.8 Å². The fourth-order valence-corrected chi connectivity index (χ4v) is 5.78. The first kappa shape index (κ1) is 25.3. The van der Waals surface area contributed by atoms with Gasteiger partial charge in [-0.25, -0.2) is 4.98 Å². The normalized spacial score (nSPS) is 22.3. The highest BCUT2D eigenvalue weighted by molar-refractivity contribution is 5.83. The maximum Gasteiger partial charge on any atom is 0.416 e. The number of alkyl halides is 3. The van der Waals surface area contributed by atoms with Crippen LogP contribution >= 0.6 is 0 Å². The van der Waals surface area contributed by atoms with E-state index in [9.17, 15) is 22.8 Å². The van der Waals surface area contributed by atoms with Gasteiger partial charge in [0, 0.05) is 50.8 Å². The number of carbonyl (C=O) groups is 2. The van der Waals surface area contributed by atoms with Crippen molar-refractivity contribution in [2.75, 3.05) is 49.1 Å². The zero-order valence-electron chi connectivity index (χ0n) is 20.7. The van der Waals surface area contributed by atoms with E-state index in [0.717, 1.165) is 11.8 Å². The van der Waals surface area contributed by atoms with E-state index in [1.807, 2.05) is 0 Å². The highest BCUT2D eigenvalue weighted by Crippen LogP contribution is 2.41. The fraction of sp³-hybridized carbons (Fsp3) is 0.538. The largest absolute Gasteiger partial charge is 0.466 e. The summed E-state index contributed by atoms with van der Waals surface area (Å²) in [7, 11) is 0. The molecule has 2 saturated heterocycles. The number of anilines is 2. The highest BCUT2D eigenvalue weighted by Gasteiger charge is 2.45. The molecule has 0 saturated carbocycles. The molecule has 0 unspecified atom stereocenters. The van der Waals surface area contributed by atoms with Crippen LogP contribution in [0.25, 0.3) is 0 Å². The summed E-state index contributed by atoms with van der Waals surface area (Å²) in [5.74, 6) is -0.361. The van der Waals surface area contributed by atoms with Crippen molar-refractivity contribution in [1.29, 1.82) is 0 Å². The van der Waals surface area contributed by atoms with Crippen molar-refractivity contribution in [2.45, 2.75) is 38.4 Å². The summed E-state index contributed by atoms with van der Waals surface area (Å²) in [6.45, 7) is 4.61. The van der Waals surface area contributed by atoms with Crippen molar-refractivity contribution >= 4 is 23.4 Å². The van der Waals surface area contributed by atoms with Crippen molar-refractivity contribution in [1.82, 2.24) is 14.9 Å². The number of likely N-dealkylation sites (tertiary alicyclic amines) is 1. The maximum atomic E-state index is 13.9. The lowest BCUT2D eigenvalue weighted by molar-refractivity contribution is -0.152. The minimum atomic E-state index is -4.45. The first-order chi connectivity index (χ1) is 17.8. The molecule has 1 aromatic carbocycles. The van der Waals surface area contributed by atoms with Gasteiger partial charge in [0.25, 0.3) is 0 Å². The summed E-state index contributed by atoms with van der Waals surface area (Å²) in [6, 6.07) is 3.62. The Morgan fingerprint density at radius 1 is 1.11 bits per heavy atom. The molecule has 0 spiro atoms. The summed E-state index contributed by atoms with van der Waals surface area (Å²) in [4.78, 5) is 40.5. The van der Waals surface area contributed by atoms with Crippen molar-refractivity contribution in [3.63, 3.8) is 0 Å². The molecule has 198 valence electrons. The summed E-state index contributed by atoms with van der Waals surface area (Å²) in [5.41, 5.74) is 0.588. The molecular weight excluding hydrogens is 487 g/mol. The number of amides is 1. The monoisotopic (exact) mass is 517 g/mol. The van der Waals surface area contributed by atoms with Gasteiger partial charge < -0.3 is 19.4 Å². The second-order valence-electron chi connectivity index (χ2n) is 9.77. The van der Waals surface area contributed by atoms with Crippen LogP contribution in [0.4, 0.5) is 24.7 Å². The average molecular weight is 518 g/mol. The number of hydrogen-bond acceptors (Lipinski definition) is 7. The molecule has 2 atom stereocenters. The Kier molecular flexibility index (Phi) is 6.96. The molecule has 37 heavy (non-hydrogen) atoms. The number of piperazine rings is 1. The van der Waals surface area contributed by atoms with E-state index in [-0.39, 0.29) is 30.3 Å². The van der Waals surface area contributed by atoms with Crippen molar-refractivity contribution in [3.05, 3.63) is 47.9 Å². The lowest BCUT2D eigenvalue weighted by Crippen LogP contribution is -2.62. The average Bonchev–Trinajstić information content (AvgIpc) is 2.91. The van der Waals surface area contributed by atoms with Crippen LogP contribution in [0.1, 0.15) is 30.9 Å². The van der Waals surface area contributed by atoms with Gasteiger partial charge in [0.15, 0.2) is 0 Å². The lowest BCUT2D eigenvalue weighted by atomic mass is 9.82. The van der Waals surface area contributed by atoms with E-state index in [0.29, 0.717) is 63.6 Å². The number of nitrogens with zero attached hydrogens (tertiary/aromatic N) is 5. The number of piperidine rings is 1. The SMILES string of the molecule is CCOC(=O)C1CCN(C(=O)[C@H]2Cc3cc(C(F)(F)F)ccc3N3CCN(c4cnccn4)C[C@@H]23)CC1. The number of fused-ring (bicyclic) bond motifs is 3. The van der Waals surface area contributed by atoms with Crippen LogP contribution in [-0.4, -0.2) is 72.1 Å². The van der Waals surface area contributed by atoms with E-state index >= 15 is 0 Å². The molecule has 5 rings (SSSR count). The molecule has 0 aliphatic carbocycles. The van der Waals surface area contributed by atoms with Crippen LogP contribution in [0, 0.1) is 11.8 Å². The molecule has 2 aromatic rings. The number of carbonyl (C=O) groups excluding carboxylic acids is 2. The minimum absolute atomic E-state index is 0.0821. The Labute approximate surface area is 213 Å². The Morgan fingerprint density at radius 3 is 2.57 bits per heavy atom. The van der Waals surface area contributed by atoms with Crippen LogP contribution < -0.4 is 9.80 Å². The summed E-state index contributed by atoms with van der Waals surface area (Å²) in [5, 5.41) is 0. The molecular formula is C26H30F3N5O3. The quantitative estimate of drug-likeness (QED) is 0.577. The van der Waals surface area contributed by atoms with E-state index in [2.05, 4.69) is 19.8 Å². The van der Waals surface area contributed by atoms with Gasteiger partial charge in [-0.05, 0) is 49.9 Å². The van der Waals surface area contributed by atoms with Crippen LogP contribution in [0.5, 0.6) is 0 Å². The third-order valence-corrected chi connectivity index (χ3v) is 7.66. The van der Waals surface area contributed by atoms with Gasteiger partial charge in [-0.15, -0.1) is 0 Å². The summed E-state index contributed by atoms with van der Waals surface area (Å²) in [6.07, 6.45) is 1.71. The van der Waals surface area contributed by atoms with Gasteiger partial charge >= 0.3 is 12.1 Å². The molecule has 8 nitrogen and oxygen atoms in total. The fourth-order valence-electron chi connectivity index (χ4n) is 5.78. The second kappa shape index (κ2) is 10.2. The van der Waals surface area contributed by atoms with Crippen molar-refractivity contribution < 1.29 is 27.5 Å². The first-order valence-electron chi connectivity index (χ1n) is 12.7. The third-order valence-electron chi connectivity index (χ3n) is 7.66. The second-order valence-corrected chi connectivity index (χ2v) is 9.77. The first-order valence-corrected chi connectivity index (χ1v) is 12.7. The van der Waals surface area contributed by atoms with Gasteiger partial charge in [-0.3, -0.25) is 14.6 Å². The molecule has 1 amide bonds. The van der Waals surface area contributed by atoms with Gasteiger partial charge in [-0.2, -0.15) is 13.2 Å². The Morgan fingerprint density at radius 2 is 1.89 bits per heavy atom. The predicted molar refractivity (Wildman–Crippen MR) is 130 cm³/mol. The topological polar surface area (TPSA) is 78.9 Å². The molecule has 4 heterocycles. The zero-order valence-corrected chi connectivity index (χ0v) is 20.7. The molecule has 0 radical (unpaired) electrons. The molecule has 2 fully saturated rings. The van der Waals surface area contributed by atoms with Crippen molar-refractivity contribution in [2.24, 2.45) is 11.8 Å². The zero-order chi connectivity index (χ0) is 26.2. The number of ether oxygens (including phenoxy) is 1. The molecule has 0 N–H and O–H groups in total. The highest BCUT2D eigenvalue weighted by atomic mass is 19.4. The van der Waals surface area contributed by atoms with Crippen LogP contribution in [-0.2, 0) is 26.9 Å². The van der Waals surface area contributed by atoms with Gasteiger partial charge in [0.1, 0.15) is 5.82 Å². The number of rotatable bonds is 4. The Balaban J connectivity index is 1.41. The van der Waals surface area contributed by atoms with Crippen molar-refractivity contribution in [3.8, 4) is 0 Å². The predicted octanol–water partition coefficient (Wildman–Crippen LogP) is 3.16. The Hall–Kier alpha value is -3.37. The van der Waals surface area contributed by atoms with E-state index < -0.39 is 17.7 Å². The van der Waals surface area contributed by atoms with Crippen LogP contribution in [0.2, 0.25) is 0 Å². The van der Waals surface area contributed by atoms with Gasteiger partial charge in [-0.1, -0.05) is 0 Å². The lowest BCUT2D eigenvalue weighted by Gasteiger charge is -2.50. The molecule has 0 bridgehead atoms. The molecule has 3 aliphatic rings. The van der Waals surface area contributed by atoms with Crippen LogP contribution in [0.3, 0.4) is 0 Å². The maximum absolute atomic E-state index is 13.9.